The third-order valence-corrected chi connectivity index (χ3v) is 8.72. The van der Waals surface area contributed by atoms with Crippen molar-refractivity contribution >= 4 is 43.6 Å². The van der Waals surface area contributed by atoms with E-state index in [4.69, 9.17) is 19.8 Å². The molecule has 0 bridgehead atoms. The van der Waals surface area contributed by atoms with Gasteiger partial charge < -0.3 is 14.4 Å². The summed E-state index contributed by atoms with van der Waals surface area (Å²) in [4.78, 5) is 23.8. The van der Waals surface area contributed by atoms with Gasteiger partial charge in [-0.3, -0.25) is 13.9 Å². The molecule has 1 aliphatic heterocycles. The average molecular weight is 595 g/mol. The molecular formula is C28H27FN6O4S2. The van der Waals surface area contributed by atoms with Gasteiger partial charge in [0, 0.05) is 53.1 Å². The van der Waals surface area contributed by atoms with Crippen molar-refractivity contribution in [3.8, 4) is 11.3 Å². The molecular weight excluding hydrogens is 567 g/mol. The zero-order chi connectivity index (χ0) is 29.1. The molecule has 41 heavy (non-hydrogen) atoms. The van der Waals surface area contributed by atoms with Crippen molar-refractivity contribution in [2.24, 2.45) is 0 Å². The Labute approximate surface area is 240 Å². The van der Waals surface area contributed by atoms with Crippen LogP contribution in [0.5, 0.6) is 5.19 Å². The second-order valence-corrected chi connectivity index (χ2v) is 13.2. The molecule has 1 atom stereocenters. The zero-order valence-electron chi connectivity index (χ0n) is 22.2. The number of fused-ring (bicyclic) bond motifs is 1. The molecule has 4 aromatic rings. The number of hydrogen-bond donors (Lipinski definition) is 2. The molecule has 1 unspecified atom stereocenters. The molecule has 0 aliphatic carbocycles. The van der Waals surface area contributed by atoms with Crippen molar-refractivity contribution in [1.29, 1.82) is 10.0 Å². The van der Waals surface area contributed by atoms with Crippen molar-refractivity contribution in [1.82, 2.24) is 19.4 Å². The third-order valence-electron chi connectivity index (χ3n) is 6.77. The highest BCUT2D eigenvalue weighted by Gasteiger charge is 2.20. The van der Waals surface area contributed by atoms with Crippen LogP contribution in [-0.2, 0) is 29.4 Å². The molecule has 2 aromatic heterocycles. The number of imidazole rings is 1. The van der Waals surface area contributed by atoms with Crippen molar-refractivity contribution < 1.29 is 23.2 Å². The second-order valence-electron chi connectivity index (χ2n) is 9.81. The number of carbonyl (C=O) groups is 1. The number of thiazole rings is 1. The summed E-state index contributed by atoms with van der Waals surface area (Å²) >= 11 is 1.39. The number of aromatic carboxylic acids is 1. The quantitative estimate of drug-likeness (QED) is 0.268. The summed E-state index contributed by atoms with van der Waals surface area (Å²) in [6, 6.07) is 10.9. The molecule has 212 valence electrons. The largest absolute Gasteiger partial charge is 0.478 e. The highest BCUT2D eigenvalue weighted by molar-refractivity contribution is 7.91. The van der Waals surface area contributed by atoms with Gasteiger partial charge in [-0.05, 0) is 42.3 Å². The summed E-state index contributed by atoms with van der Waals surface area (Å²) in [7, 11) is -2.74. The Morgan fingerprint density at radius 3 is 2.83 bits per heavy atom. The number of nitrogens with one attached hydrogen (secondary N) is 1. The number of halogens is 1. The second kappa shape index (κ2) is 11.8. The van der Waals surface area contributed by atoms with Gasteiger partial charge in [0.05, 0.1) is 39.7 Å². The Hall–Kier alpha value is -4.12. The first-order chi connectivity index (χ1) is 19.6. The van der Waals surface area contributed by atoms with Crippen LogP contribution in [0.15, 0.2) is 48.7 Å². The van der Waals surface area contributed by atoms with E-state index in [2.05, 4.69) is 16.0 Å². The fraction of sp³-hybridized carbons (Fsp3) is 0.286. The predicted octanol–water partition coefficient (Wildman–Crippen LogP) is 4.75. The Kier molecular flexibility index (Phi) is 8.16. The predicted molar refractivity (Wildman–Crippen MR) is 154 cm³/mol. The van der Waals surface area contributed by atoms with Gasteiger partial charge in [-0.2, -0.15) is 5.26 Å². The summed E-state index contributed by atoms with van der Waals surface area (Å²) < 4.78 is 41.6. The van der Waals surface area contributed by atoms with Crippen LogP contribution in [0.2, 0.25) is 0 Å². The number of carboxylic acids is 1. The lowest BCUT2D eigenvalue weighted by Gasteiger charge is -2.26. The Morgan fingerprint density at radius 1 is 1.32 bits per heavy atom. The summed E-state index contributed by atoms with van der Waals surface area (Å²) in [5, 5.41) is 18.8. The van der Waals surface area contributed by atoms with Crippen LogP contribution in [0, 0.1) is 21.9 Å². The Morgan fingerprint density at radius 2 is 2.15 bits per heavy atom. The number of ether oxygens (including phenoxy) is 1. The van der Waals surface area contributed by atoms with E-state index in [1.807, 2.05) is 10.6 Å². The van der Waals surface area contributed by atoms with E-state index >= 15 is 0 Å². The minimum atomic E-state index is -2.74. The summed E-state index contributed by atoms with van der Waals surface area (Å²) in [5.41, 5.74) is 3.19. The van der Waals surface area contributed by atoms with Crippen LogP contribution in [-0.4, -0.2) is 59.8 Å². The van der Waals surface area contributed by atoms with Gasteiger partial charge in [0.15, 0.2) is 0 Å². The fourth-order valence-electron chi connectivity index (χ4n) is 4.57. The average Bonchev–Trinajstić information content (AvgIpc) is 3.55. The van der Waals surface area contributed by atoms with Crippen molar-refractivity contribution in [3.05, 3.63) is 81.9 Å². The smallest absolute Gasteiger partial charge is 0.335 e. The lowest BCUT2D eigenvalue weighted by atomic mass is 10.1. The van der Waals surface area contributed by atoms with Crippen LogP contribution in [0.4, 0.5) is 4.39 Å². The van der Waals surface area contributed by atoms with Gasteiger partial charge in [-0.1, -0.05) is 23.5 Å². The highest BCUT2D eigenvalue weighted by Crippen LogP contribution is 2.32. The number of carboxylic acid groups (broad SMARTS) is 1. The first-order valence-electron chi connectivity index (χ1n) is 12.7. The highest BCUT2D eigenvalue weighted by atomic mass is 32.2. The van der Waals surface area contributed by atoms with Crippen molar-refractivity contribution in [2.75, 3.05) is 25.1 Å². The van der Waals surface area contributed by atoms with E-state index in [-0.39, 0.29) is 23.5 Å². The van der Waals surface area contributed by atoms with E-state index in [1.165, 1.54) is 35.8 Å². The lowest BCUT2D eigenvalue weighted by Crippen LogP contribution is -2.29. The van der Waals surface area contributed by atoms with Crippen LogP contribution < -0.4 is 4.74 Å². The number of hydrogen-bond acceptors (Lipinski definition) is 9. The molecule has 3 heterocycles. The number of nitriles is 1. The molecule has 10 nitrogen and oxygen atoms in total. The molecule has 5 rings (SSSR count). The maximum absolute atomic E-state index is 14.1. The number of benzene rings is 2. The summed E-state index contributed by atoms with van der Waals surface area (Å²) in [6.45, 7) is 2.24. The first-order valence-corrected chi connectivity index (χ1v) is 15.7. The lowest BCUT2D eigenvalue weighted by molar-refractivity contribution is 0.0697. The maximum Gasteiger partial charge on any atom is 0.335 e. The molecule has 0 amide bonds. The topological polar surface area (TPSA) is 145 Å². The monoisotopic (exact) mass is 594 g/mol. The molecule has 0 saturated carbocycles. The van der Waals surface area contributed by atoms with E-state index in [0.29, 0.717) is 41.4 Å². The van der Waals surface area contributed by atoms with Gasteiger partial charge >= 0.3 is 5.97 Å². The van der Waals surface area contributed by atoms with Gasteiger partial charge in [-0.15, -0.1) is 0 Å². The van der Waals surface area contributed by atoms with Crippen molar-refractivity contribution in [2.45, 2.75) is 26.1 Å². The molecule has 2 aromatic carbocycles. The third kappa shape index (κ3) is 6.79. The number of rotatable bonds is 10. The van der Waals surface area contributed by atoms with Gasteiger partial charge in [0.1, 0.15) is 18.2 Å². The van der Waals surface area contributed by atoms with E-state index < -0.39 is 21.5 Å². The molecule has 0 fully saturated rings. The van der Waals surface area contributed by atoms with Crippen LogP contribution in [0.3, 0.4) is 0 Å². The SMILES string of the molecule is CS(=N)(=O)CCn1c(CN2CC=C(c3cnc(OCc4ccc(C#N)cc4F)s3)CC2)nc2ccc(C(=O)O)cc21. The normalized spacial score (nSPS) is 15.3. The Bertz CT molecular complexity index is 1810. The van der Waals surface area contributed by atoms with Gasteiger partial charge in [0.2, 0.25) is 0 Å². The summed E-state index contributed by atoms with van der Waals surface area (Å²) in [6.07, 6.45) is 6.04. The van der Waals surface area contributed by atoms with Crippen LogP contribution >= 0.6 is 11.3 Å². The molecule has 0 spiro atoms. The first kappa shape index (κ1) is 28.4. The van der Waals surface area contributed by atoms with Crippen LogP contribution in [0.25, 0.3) is 16.6 Å². The standard InChI is InChI=1S/C28H27FN6O4S2/c1-41(31,38)11-10-35-24-13-20(27(36)37)4-5-23(24)33-26(35)16-34-8-6-19(7-9-34)25-15-32-28(40-25)39-17-21-3-2-18(14-30)12-22(21)29/h2-6,12-13,15,31H,7-11,16-17H2,1H3,(H,36,37). The molecule has 0 radical (unpaired) electrons. The van der Waals surface area contributed by atoms with Gasteiger partial charge in [0.25, 0.3) is 5.19 Å². The maximum atomic E-state index is 14.1. The van der Waals surface area contributed by atoms with Gasteiger partial charge in [-0.25, -0.2) is 19.2 Å². The summed E-state index contributed by atoms with van der Waals surface area (Å²) in [5.74, 6) is -0.658. The minimum Gasteiger partial charge on any atom is -0.478 e. The van der Waals surface area contributed by atoms with E-state index in [1.54, 1.807) is 24.4 Å². The van der Waals surface area contributed by atoms with Crippen LogP contribution in [0.1, 0.15) is 38.6 Å². The number of aromatic nitrogens is 3. The Balaban J connectivity index is 1.26. The molecule has 1 aliphatic rings. The van der Waals surface area contributed by atoms with Crippen molar-refractivity contribution in [3.63, 3.8) is 0 Å². The molecule has 0 saturated heterocycles. The fourth-order valence-corrected chi connectivity index (χ4v) is 5.93. The van der Waals surface area contributed by atoms with E-state index in [0.717, 1.165) is 29.2 Å². The van der Waals surface area contributed by atoms with E-state index in [9.17, 15) is 18.5 Å². The zero-order valence-corrected chi connectivity index (χ0v) is 23.8. The number of aryl methyl sites for hydroxylation is 1. The number of nitrogens with zero attached hydrogens (tertiary/aromatic N) is 5. The minimum absolute atomic E-state index is 0.0134. The molecule has 13 heteroatoms. The molecule has 2 N–H and O–H groups in total.